The first-order valence-corrected chi connectivity index (χ1v) is 10.8. The van der Waals surface area contributed by atoms with Gasteiger partial charge in [-0.15, -0.1) is 0 Å². The zero-order valence-electron chi connectivity index (χ0n) is 18.5. The van der Waals surface area contributed by atoms with Crippen LogP contribution in [0.25, 0.3) is 0 Å². The van der Waals surface area contributed by atoms with Gasteiger partial charge < -0.3 is 24.8 Å². The Bertz CT molecular complexity index is 1020. The van der Waals surface area contributed by atoms with Crippen molar-refractivity contribution in [1.29, 1.82) is 0 Å². The maximum absolute atomic E-state index is 12.8. The van der Waals surface area contributed by atoms with Gasteiger partial charge in [-0.05, 0) is 48.2 Å². The standard InChI is InChI=1S/C24H27ClN2O5/c1-5-31-23(28)20-21(14(2)3)26-24(29)27-22(20)16-8-11-18(30-4)19(12-16)32-13-15-6-9-17(25)10-7-15/h6-12,14,22H,5,13H2,1-4H3,(H2,26,27,29). The molecule has 1 heterocycles. The van der Waals surface area contributed by atoms with E-state index in [1.165, 1.54) is 0 Å². The van der Waals surface area contributed by atoms with E-state index in [1.54, 1.807) is 44.4 Å². The highest BCUT2D eigenvalue weighted by atomic mass is 35.5. The van der Waals surface area contributed by atoms with E-state index >= 15 is 0 Å². The molecule has 1 unspecified atom stereocenters. The van der Waals surface area contributed by atoms with Gasteiger partial charge in [0.1, 0.15) is 6.61 Å². The summed E-state index contributed by atoms with van der Waals surface area (Å²) in [6, 6.07) is 11.6. The minimum absolute atomic E-state index is 0.0816. The molecular weight excluding hydrogens is 432 g/mol. The monoisotopic (exact) mass is 458 g/mol. The van der Waals surface area contributed by atoms with Gasteiger partial charge >= 0.3 is 12.0 Å². The summed E-state index contributed by atoms with van der Waals surface area (Å²) in [5.41, 5.74) is 2.52. The molecule has 1 aliphatic rings. The van der Waals surface area contributed by atoms with Crippen molar-refractivity contribution in [1.82, 2.24) is 10.6 Å². The highest BCUT2D eigenvalue weighted by Gasteiger charge is 2.35. The van der Waals surface area contributed by atoms with Crippen molar-refractivity contribution in [2.75, 3.05) is 13.7 Å². The maximum Gasteiger partial charge on any atom is 0.338 e. The lowest BCUT2D eigenvalue weighted by Crippen LogP contribution is -2.47. The van der Waals surface area contributed by atoms with E-state index in [1.807, 2.05) is 26.0 Å². The van der Waals surface area contributed by atoms with Crippen LogP contribution in [0.1, 0.15) is 37.9 Å². The number of allylic oxidation sites excluding steroid dienone is 1. The highest BCUT2D eigenvalue weighted by molar-refractivity contribution is 6.30. The molecule has 0 saturated carbocycles. The molecule has 2 amide bonds. The second-order valence-corrected chi connectivity index (χ2v) is 8.00. The molecular formula is C24H27ClN2O5. The van der Waals surface area contributed by atoms with Crippen LogP contribution in [0.4, 0.5) is 4.79 Å². The third-order valence-corrected chi connectivity index (χ3v) is 5.26. The number of amides is 2. The van der Waals surface area contributed by atoms with Crippen molar-refractivity contribution >= 4 is 23.6 Å². The number of methoxy groups -OCH3 is 1. The summed E-state index contributed by atoms with van der Waals surface area (Å²) in [5, 5.41) is 6.23. The van der Waals surface area contributed by atoms with Crippen molar-refractivity contribution in [3.63, 3.8) is 0 Å². The first kappa shape index (κ1) is 23.5. The number of carbonyl (C=O) groups excluding carboxylic acids is 2. The van der Waals surface area contributed by atoms with Crippen LogP contribution in [-0.4, -0.2) is 25.7 Å². The third kappa shape index (κ3) is 5.34. The summed E-state index contributed by atoms with van der Waals surface area (Å²) in [6.07, 6.45) is 0. The SMILES string of the molecule is CCOC(=O)C1=C(C(C)C)NC(=O)NC1c1ccc(OC)c(OCc2ccc(Cl)cc2)c1. The van der Waals surface area contributed by atoms with Crippen molar-refractivity contribution in [2.45, 2.75) is 33.4 Å². The zero-order valence-corrected chi connectivity index (χ0v) is 19.3. The average Bonchev–Trinajstić information content (AvgIpc) is 2.78. The minimum atomic E-state index is -0.691. The zero-order chi connectivity index (χ0) is 23.3. The fraction of sp³-hybridized carbons (Fsp3) is 0.333. The van der Waals surface area contributed by atoms with E-state index in [2.05, 4.69) is 10.6 Å². The lowest BCUT2D eigenvalue weighted by atomic mass is 9.91. The smallest absolute Gasteiger partial charge is 0.338 e. The number of hydrogen-bond acceptors (Lipinski definition) is 5. The van der Waals surface area contributed by atoms with Gasteiger partial charge in [-0.1, -0.05) is 43.6 Å². The van der Waals surface area contributed by atoms with Gasteiger partial charge in [-0.2, -0.15) is 0 Å². The number of ether oxygens (including phenoxy) is 3. The average molecular weight is 459 g/mol. The molecule has 3 rings (SSSR count). The lowest BCUT2D eigenvalue weighted by Gasteiger charge is -2.31. The maximum atomic E-state index is 12.8. The summed E-state index contributed by atoms with van der Waals surface area (Å²) in [6.45, 7) is 6.09. The van der Waals surface area contributed by atoms with Crippen molar-refractivity contribution < 1.29 is 23.8 Å². The molecule has 2 aromatic carbocycles. The van der Waals surface area contributed by atoms with Gasteiger partial charge in [0.2, 0.25) is 0 Å². The van der Waals surface area contributed by atoms with Gasteiger partial charge in [0.25, 0.3) is 0 Å². The molecule has 2 N–H and O–H groups in total. The molecule has 1 atom stereocenters. The second kappa shape index (κ2) is 10.4. The van der Waals surface area contributed by atoms with E-state index in [9.17, 15) is 9.59 Å². The fourth-order valence-corrected chi connectivity index (χ4v) is 3.58. The van der Waals surface area contributed by atoms with Gasteiger partial charge in [0, 0.05) is 10.7 Å². The molecule has 0 fully saturated rings. The Balaban J connectivity index is 1.98. The third-order valence-electron chi connectivity index (χ3n) is 5.00. The predicted molar refractivity (Wildman–Crippen MR) is 122 cm³/mol. The molecule has 7 nitrogen and oxygen atoms in total. The van der Waals surface area contributed by atoms with Crippen molar-refractivity contribution in [3.8, 4) is 11.5 Å². The molecule has 2 aromatic rings. The molecule has 32 heavy (non-hydrogen) atoms. The molecule has 0 bridgehead atoms. The predicted octanol–water partition coefficient (Wildman–Crippen LogP) is 4.75. The Morgan fingerprint density at radius 3 is 2.47 bits per heavy atom. The van der Waals surface area contributed by atoms with Gasteiger partial charge in [-0.3, -0.25) is 0 Å². The molecule has 0 aliphatic carbocycles. The van der Waals surface area contributed by atoms with E-state index in [0.717, 1.165) is 5.56 Å². The topological polar surface area (TPSA) is 85.9 Å². The van der Waals surface area contributed by atoms with E-state index < -0.39 is 12.0 Å². The minimum Gasteiger partial charge on any atom is -0.493 e. The molecule has 0 saturated heterocycles. The Morgan fingerprint density at radius 2 is 1.84 bits per heavy atom. The van der Waals surface area contributed by atoms with Crippen molar-refractivity contribution in [3.05, 3.63) is 69.9 Å². The van der Waals surface area contributed by atoms with Crippen LogP contribution in [0, 0.1) is 5.92 Å². The van der Waals surface area contributed by atoms with Crippen LogP contribution in [-0.2, 0) is 16.1 Å². The second-order valence-electron chi connectivity index (χ2n) is 7.56. The number of rotatable bonds is 8. The van der Waals surface area contributed by atoms with Gasteiger partial charge in [-0.25, -0.2) is 9.59 Å². The van der Waals surface area contributed by atoms with Crippen LogP contribution < -0.4 is 20.1 Å². The van der Waals surface area contributed by atoms with Crippen molar-refractivity contribution in [2.24, 2.45) is 5.92 Å². The quantitative estimate of drug-likeness (QED) is 0.557. The Labute approximate surface area is 192 Å². The van der Waals surface area contributed by atoms with E-state index in [4.69, 9.17) is 25.8 Å². The van der Waals surface area contributed by atoms with Gasteiger partial charge in [0.05, 0.1) is 25.3 Å². The first-order valence-electron chi connectivity index (χ1n) is 10.4. The highest BCUT2D eigenvalue weighted by Crippen LogP contribution is 2.36. The molecule has 170 valence electrons. The largest absolute Gasteiger partial charge is 0.493 e. The Kier molecular flexibility index (Phi) is 7.64. The van der Waals surface area contributed by atoms with Gasteiger partial charge in [0.15, 0.2) is 11.5 Å². The van der Waals surface area contributed by atoms with E-state index in [0.29, 0.717) is 40.0 Å². The van der Waals surface area contributed by atoms with Crippen LogP contribution in [0.15, 0.2) is 53.7 Å². The summed E-state index contributed by atoms with van der Waals surface area (Å²) in [4.78, 5) is 25.2. The number of carbonyl (C=O) groups is 2. The molecule has 8 heteroatoms. The van der Waals surface area contributed by atoms with Crippen LogP contribution in [0.5, 0.6) is 11.5 Å². The number of nitrogens with one attached hydrogen (secondary N) is 2. The van der Waals surface area contributed by atoms with Crippen LogP contribution in [0.2, 0.25) is 5.02 Å². The number of esters is 1. The van der Waals surface area contributed by atoms with Crippen LogP contribution >= 0.6 is 11.6 Å². The number of benzene rings is 2. The molecule has 1 aliphatic heterocycles. The van der Waals surface area contributed by atoms with E-state index in [-0.39, 0.29) is 18.6 Å². The number of halogens is 1. The summed E-state index contributed by atoms with van der Waals surface area (Å²) < 4.78 is 16.7. The fourth-order valence-electron chi connectivity index (χ4n) is 3.45. The van der Waals surface area contributed by atoms with Crippen LogP contribution in [0.3, 0.4) is 0 Å². The number of urea groups is 1. The Morgan fingerprint density at radius 1 is 1.12 bits per heavy atom. The summed E-state index contributed by atoms with van der Waals surface area (Å²) in [7, 11) is 1.55. The molecule has 0 radical (unpaired) electrons. The summed E-state index contributed by atoms with van der Waals surface area (Å²) >= 11 is 5.95. The Hall–Kier alpha value is -3.19. The number of hydrogen-bond donors (Lipinski definition) is 2. The first-order chi connectivity index (χ1) is 15.3. The molecule has 0 spiro atoms. The molecule has 0 aromatic heterocycles. The normalized spacial score (nSPS) is 15.8. The summed E-state index contributed by atoms with van der Waals surface area (Å²) in [5.74, 6) is 0.464. The lowest BCUT2D eigenvalue weighted by molar-refractivity contribution is -0.139.